The number of hydrogen-bond acceptors (Lipinski definition) is 5. The number of anilines is 1. The molecule has 1 N–H and O–H groups in total. The number of benzene rings is 2. The average molecular weight is 389 g/mol. The molecule has 0 saturated heterocycles. The van der Waals surface area contributed by atoms with E-state index < -0.39 is 5.25 Å². The van der Waals surface area contributed by atoms with Crippen LogP contribution in [0.2, 0.25) is 5.02 Å². The van der Waals surface area contributed by atoms with Crippen LogP contribution in [-0.2, 0) is 4.79 Å². The standard InChI is InChI=1S/C18H17ClN4O2S/c1-12(17(24)21-15-10-13(19)8-9-16(15)25-2)26-18-22-20-11-23(18)14-6-4-3-5-7-14/h3-12H,1-2H3,(H,21,24). The van der Waals surface area contributed by atoms with Crippen LogP contribution in [0.3, 0.4) is 0 Å². The molecule has 8 heteroatoms. The van der Waals surface area contributed by atoms with Gasteiger partial charge >= 0.3 is 0 Å². The summed E-state index contributed by atoms with van der Waals surface area (Å²) in [6.45, 7) is 1.81. The minimum Gasteiger partial charge on any atom is -0.495 e. The molecule has 3 rings (SSSR count). The van der Waals surface area contributed by atoms with Crippen molar-refractivity contribution in [1.29, 1.82) is 0 Å². The zero-order chi connectivity index (χ0) is 18.5. The lowest BCUT2D eigenvalue weighted by Gasteiger charge is -2.14. The second-order valence-corrected chi connectivity index (χ2v) is 7.16. The van der Waals surface area contributed by atoms with E-state index in [1.807, 2.05) is 34.9 Å². The van der Waals surface area contributed by atoms with Gasteiger partial charge in [-0.3, -0.25) is 9.36 Å². The molecule has 3 aromatic rings. The lowest BCUT2D eigenvalue weighted by Crippen LogP contribution is -2.23. The number of rotatable bonds is 6. The fraction of sp³-hybridized carbons (Fsp3) is 0.167. The Morgan fingerprint density at radius 2 is 2.04 bits per heavy atom. The summed E-state index contributed by atoms with van der Waals surface area (Å²) in [6.07, 6.45) is 1.63. The highest BCUT2D eigenvalue weighted by molar-refractivity contribution is 8.00. The zero-order valence-corrected chi connectivity index (χ0v) is 15.8. The molecular formula is C18H17ClN4O2S. The first-order valence-electron chi connectivity index (χ1n) is 7.85. The number of hydrogen-bond donors (Lipinski definition) is 1. The molecule has 6 nitrogen and oxygen atoms in total. The Morgan fingerprint density at radius 3 is 2.77 bits per heavy atom. The first-order valence-corrected chi connectivity index (χ1v) is 9.10. The number of para-hydroxylation sites is 1. The first-order chi connectivity index (χ1) is 12.6. The summed E-state index contributed by atoms with van der Waals surface area (Å²) < 4.78 is 7.10. The molecule has 2 aromatic carbocycles. The van der Waals surface area contributed by atoms with E-state index in [-0.39, 0.29) is 5.91 Å². The Hall–Kier alpha value is -2.51. The summed E-state index contributed by atoms with van der Waals surface area (Å²) in [6, 6.07) is 14.8. The summed E-state index contributed by atoms with van der Waals surface area (Å²) in [5, 5.41) is 11.7. The van der Waals surface area contributed by atoms with Crippen LogP contribution in [-0.4, -0.2) is 33.0 Å². The molecule has 0 aliphatic rings. The predicted molar refractivity (Wildman–Crippen MR) is 103 cm³/mol. The number of thioether (sulfide) groups is 1. The molecule has 0 saturated carbocycles. The zero-order valence-electron chi connectivity index (χ0n) is 14.2. The van der Waals surface area contributed by atoms with Gasteiger partial charge in [-0.2, -0.15) is 0 Å². The van der Waals surface area contributed by atoms with Gasteiger partial charge in [0.1, 0.15) is 12.1 Å². The molecule has 26 heavy (non-hydrogen) atoms. The van der Waals surface area contributed by atoms with Gasteiger partial charge in [0, 0.05) is 10.7 Å². The second kappa shape index (κ2) is 8.25. The number of ether oxygens (including phenoxy) is 1. The van der Waals surface area contributed by atoms with Crippen LogP contribution in [0.1, 0.15) is 6.92 Å². The third-order valence-electron chi connectivity index (χ3n) is 3.62. The van der Waals surface area contributed by atoms with E-state index in [0.717, 1.165) is 5.69 Å². The monoisotopic (exact) mass is 388 g/mol. The molecule has 0 fully saturated rings. The van der Waals surface area contributed by atoms with Gasteiger partial charge < -0.3 is 10.1 Å². The van der Waals surface area contributed by atoms with Crippen molar-refractivity contribution < 1.29 is 9.53 Å². The lowest BCUT2D eigenvalue weighted by atomic mass is 10.3. The SMILES string of the molecule is COc1ccc(Cl)cc1NC(=O)C(C)Sc1nncn1-c1ccccc1. The van der Waals surface area contributed by atoms with Crippen LogP contribution < -0.4 is 10.1 Å². The van der Waals surface area contributed by atoms with Crippen LogP contribution in [0, 0.1) is 0 Å². The van der Waals surface area contributed by atoms with Gasteiger partial charge in [0.2, 0.25) is 5.91 Å². The third kappa shape index (κ3) is 4.17. The molecule has 134 valence electrons. The Kier molecular flexibility index (Phi) is 5.80. The number of nitrogens with one attached hydrogen (secondary N) is 1. The molecule has 0 radical (unpaired) electrons. The molecule has 1 atom stereocenters. The molecule has 1 aromatic heterocycles. The van der Waals surface area contributed by atoms with E-state index >= 15 is 0 Å². The highest BCUT2D eigenvalue weighted by Crippen LogP contribution is 2.29. The maximum absolute atomic E-state index is 12.6. The van der Waals surface area contributed by atoms with Gasteiger partial charge in [-0.15, -0.1) is 10.2 Å². The number of nitrogens with zero attached hydrogens (tertiary/aromatic N) is 3. The molecule has 0 aliphatic heterocycles. The van der Waals surface area contributed by atoms with E-state index in [9.17, 15) is 4.79 Å². The van der Waals surface area contributed by atoms with Crippen LogP contribution in [0.4, 0.5) is 5.69 Å². The van der Waals surface area contributed by atoms with Crippen LogP contribution in [0.5, 0.6) is 5.75 Å². The van der Waals surface area contributed by atoms with Crippen molar-refractivity contribution in [2.75, 3.05) is 12.4 Å². The molecule has 1 unspecified atom stereocenters. The van der Waals surface area contributed by atoms with E-state index in [2.05, 4.69) is 15.5 Å². The minimum atomic E-state index is -0.398. The largest absolute Gasteiger partial charge is 0.495 e. The lowest BCUT2D eigenvalue weighted by molar-refractivity contribution is -0.115. The fourth-order valence-corrected chi connectivity index (χ4v) is 3.31. The normalized spacial score (nSPS) is 11.8. The van der Waals surface area contributed by atoms with E-state index in [1.165, 1.54) is 11.8 Å². The number of carbonyl (C=O) groups excluding carboxylic acids is 1. The Labute approximate surface area is 160 Å². The van der Waals surface area contributed by atoms with Crippen molar-refractivity contribution in [3.05, 3.63) is 59.9 Å². The second-order valence-electron chi connectivity index (χ2n) is 5.41. The van der Waals surface area contributed by atoms with Crippen molar-refractivity contribution in [1.82, 2.24) is 14.8 Å². The maximum Gasteiger partial charge on any atom is 0.237 e. The van der Waals surface area contributed by atoms with E-state index in [1.54, 1.807) is 38.6 Å². The average Bonchev–Trinajstić information content (AvgIpc) is 3.10. The smallest absolute Gasteiger partial charge is 0.237 e. The van der Waals surface area contributed by atoms with Gasteiger partial charge in [0.25, 0.3) is 0 Å². The van der Waals surface area contributed by atoms with Gasteiger partial charge in [-0.05, 0) is 37.3 Å². The first kappa shape index (κ1) is 18.3. The third-order valence-corrected chi connectivity index (χ3v) is 4.91. The summed E-state index contributed by atoms with van der Waals surface area (Å²) in [5.41, 5.74) is 1.46. The molecule has 0 spiro atoms. The number of carbonyl (C=O) groups is 1. The summed E-state index contributed by atoms with van der Waals surface area (Å²) in [4.78, 5) is 12.6. The summed E-state index contributed by atoms with van der Waals surface area (Å²) >= 11 is 7.33. The molecule has 1 heterocycles. The number of halogens is 1. The topological polar surface area (TPSA) is 69.0 Å². The van der Waals surface area contributed by atoms with Gasteiger partial charge in [-0.1, -0.05) is 41.6 Å². The number of methoxy groups -OCH3 is 1. The highest BCUT2D eigenvalue weighted by atomic mass is 35.5. The molecule has 0 aliphatic carbocycles. The molecule has 1 amide bonds. The van der Waals surface area contributed by atoms with Crippen molar-refractivity contribution >= 4 is 35.0 Å². The van der Waals surface area contributed by atoms with Gasteiger partial charge in [0.15, 0.2) is 5.16 Å². The summed E-state index contributed by atoms with van der Waals surface area (Å²) in [7, 11) is 1.54. The van der Waals surface area contributed by atoms with Gasteiger partial charge in [0.05, 0.1) is 18.0 Å². The van der Waals surface area contributed by atoms with E-state index in [4.69, 9.17) is 16.3 Å². The quantitative estimate of drug-likeness (QED) is 0.645. The Balaban J connectivity index is 1.73. The minimum absolute atomic E-state index is 0.182. The van der Waals surface area contributed by atoms with Crippen molar-refractivity contribution in [3.8, 4) is 11.4 Å². The predicted octanol–water partition coefficient (Wildman–Crippen LogP) is 4.05. The van der Waals surface area contributed by atoms with E-state index in [0.29, 0.717) is 21.6 Å². The van der Waals surface area contributed by atoms with Crippen molar-refractivity contribution in [2.24, 2.45) is 0 Å². The Bertz CT molecular complexity index is 901. The molecular weight excluding hydrogens is 372 g/mol. The van der Waals surface area contributed by atoms with Crippen molar-refractivity contribution in [2.45, 2.75) is 17.3 Å². The number of amides is 1. The maximum atomic E-state index is 12.6. The number of aromatic nitrogens is 3. The Morgan fingerprint density at radius 1 is 1.27 bits per heavy atom. The highest BCUT2D eigenvalue weighted by Gasteiger charge is 2.20. The van der Waals surface area contributed by atoms with Crippen molar-refractivity contribution in [3.63, 3.8) is 0 Å². The summed E-state index contributed by atoms with van der Waals surface area (Å²) in [5.74, 6) is 0.366. The van der Waals surface area contributed by atoms with Crippen LogP contribution >= 0.6 is 23.4 Å². The van der Waals surface area contributed by atoms with Crippen LogP contribution in [0.15, 0.2) is 60.0 Å². The van der Waals surface area contributed by atoms with Gasteiger partial charge in [-0.25, -0.2) is 0 Å². The molecule has 0 bridgehead atoms. The van der Waals surface area contributed by atoms with Crippen LogP contribution in [0.25, 0.3) is 5.69 Å². The fourth-order valence-electron chi connectivity index (χ4n) is 2.29.